The summed E-state index contributed by atoms with van der Waals surface area (Å²) in [5.41, 5.74) is 0. The molecule has 1 N–H and O–H groups in total. The number of unbranched alkanes of at least 4 members (excludes halogenated alkanes) is 1. The molecule has 1 aliphatic rings. The van der Waals surface area contributed by atoms with E-state index in [1.165, 1.54) is 25.7 Å². The van der Waals surface area contributed by atoms with Gasteiger partial charge in [0.2, 0.25) is 5.91 Å². The molecule has 0 aliphatic heterocycles. The van der Waals surface area contributed by atoms with Crippen LogP contribution in [0.4, 0.5) is 0 Å². The molecule has 1 unspecified atom stereocenters. The summed E-state index contributed by atoms with van der Waals surface area (Å²) < 4.78 is 0. The Morgan fingerprint density at radius 3 is 2.73 bits per heavy atom. The van der Waals surface area contributed by atoms with Crippen molar-refractivity contribution in [3.8, 4) is 0 Å². The van der Waals surface area contributed by atoms with Crippen LogP contribution in [0.25, 0.3) is 0 Å². The van der Waals surface area contributed by atoms with E-state index in [0.29, 0.717) is 12.6 Å². The number of carbonyl (C=O) groups excluding carboxylic acids is 1. The first-order valence-electron chi connectivity index (χ1n) is 6.11. The Hall–Kier alpha value is -0.570. The molecule has 88 valence electrons. The lowest BCUT2D eigenvalue weighted by atomic mass is 10.2. The summed E-state index contributed by atoms with van der Waals surface area (Å²) in [6, 6.07) is 0.372. The third-order valence-electron chi connectivity index (χ3n) is 3.02. The second-order valence-corrected chi connectivity index (χ2v) is 4.78. The van der Waals surface area contributed by atoms with Crippen molar-refractivity contribution in [1.29, 1.82) is 0 Å². The van der Waals surface area contributed by atoms with E-state index in [9.17, 15) is 4.79 Å². The van der Waals surface area contributed by atoms with Crippen molar-refractivity contribution in [2.24, 2.45) is 5.92 Å². The maximum Gasteiger partial charge on any atom is 0.234 e. The molecule has 0 saturated heterocycles. The Morgan fingerprint density at radius 1 is 1.53 bits per heavy atom. The highest BCUT2D eigenvalue weighted by atomic mass is 16.2. The summed E-state index contributed by atoms with van der Waals surface area (Å²) >= 11 is 0. The molecule has 0 bridgehead atoms. The van der Waals surface area contributed by atoms with Crippen molar-refractivity contribution in [2.75, 3.05) is 20.1 Å². The van der Waals surface area contributed by atoms with Crippen LogP contribution in [-0.4, -0.2) is 37.0 Å². The van der Waals surface area contributed by atoms with E-state index in [1.807, 2.05) is 7.05 Å². The number of nitrogens with zero attached hydrogens (tertiary/aromatic N) is 1. The predicted molar refractivity (Wildman–Crippen MR) is 62.7 cm³/mol. The van der Waals surface area contributed by atoms with Crippen LogP contribution in [0, 0.1) is 5.92 Å². The summed E-state index contributed by atoms with van der Waals surface area (Å²) in [4.78, 5) is 13.7. The molecule has 0 aromatic rings. The number of rotatable bonds is 7. The van der Waals surface area contributed by atoms with Gasteiger partial charge in [-0.15, -0.1) is 0 Å². The minimum Gasteiger partial charge on any atom is -0.352 e. The molecular formula is C12H24N2O. The molecular weight excluding hydrogens is 188 g/mol. The Balaban J connectivity index is 2.10. The Kier molecular flexibility index (Phi) is 5.09. The van der Waals surface area contributed by atoms with Crippen LogP contribution in [0.3, 0.4) is 0 Å². The molecule has 3 heteroatoms. The van der Waals surface area contributed by atoms with Gasteiger partial charge in [0.1, 0.15) is 0 Å². The Bertz CT molecular complexity index is 202. The van der Waals surface area contributed by atoms with Crippen molar-refractivity contribution in [3.63, 3.8) is 0 Å². The maximum atomic E-state index is 11.6. The lowest BCUT2D eigenvalue weighted by Crippen LogP contribution is -2.40. The van der Waals surface area contributed by atoms with Gasteiger partial charge in [-0.3, -0.25) is 9.69 Å². The van der Waals surface area contributed by atoms with Crippen LogP contribution in [0.15, 0.2) is 0 Å². The van der Waals surface area contributed by atoms with Gasteiger partial charge in [-0.1, -0.05) is 13.3 Å². The first kappa shape index (κ1) is 12.5. The van der Waals surface area contributed by atoms with Gasteiger partial charge in [0, 0.05) is 6.04 Å². The summed E-state index contributed by atoms with van der Waals surface area (Å²) in [5, 5.41) is 3.07. The van der Waals surface area contributed by atoms with Gasteiger partial charge in [-0.2, -0.15) is 0 Å². The SMILES string of the molecule is CCCCN(C)CC(=O)NC(C)C1CC1. The quantitative estimate of drug-likeness (QED) is 0.695. The number of amides is 1. The molecule has 0 heterocycles. The molecule has 0 aromatic heterocycles. The van der Waals surface area contributed by atoms with Gasteiger partial charge in [0.15, 0.2) is 0 Å². The highest BCUT2D eigenvalue weighted by molar-refractivity contribution is 5.78. The highest BCUT2D eigenvalue weighted by Gasteiger charge is 2.28. The van der Waals surface area contributed by atoms with Gasteiger partial charge in [0.25, 0.3) is 0 Å². The maximum absolute atomic E-state index is 11.6. The van der Waals surface area contributed by atoms with Crippen molar-refractivity contribution in [1.82, 2.24) is 10.2 Å². The van der Waals surface area contributed by atoms with Gasteiger partial charge in [0.05, 0.1) is 6.54 Å². The van der Waals surface area contributed by atoms with E-state index in [4.69, 9.17) is 0 Å². The van der Waals surface area contributed by atoms with Crippen LogP contribution in [0.1, 0.15) is 39.5 Å². The fraction of sp³-hybridized carbons (Fsp3) is 0.917. The first-order chi connectivity index (χ1) is 7.13. The predicted octanol–water partition coefficient (Wildman–Crippen LogP) is 1.63. The minimum absolute atomic E-state index is 0.174. The first-order valence-corrected chi connectivity index (χ1v) is 6.11. The van der Waals surface area contributed by atoms with Crippen LogP contribution in [0.2, 0.25) is 0 Å². The zero-order valence-corrected chi connectivity index (χ0v) is 10.3. The van der Waals surface area contributed by atoms with E-state index >= 15 is 0 Å². The number of likely N-dealkylation sites (N-methyl/N-ethyl adjacent to an activating group) is 1. The third kappa shape index (κ3) is 5.17. The number of carbonyl (C=O) groups is 1. The molecule has 1 fully saturated rings. The second-order valence-electron chi connectivity index (χ2n) is 4.78. The standard InChI is InChI=1S/C12H24N2O/c1-4-5-8-14(3)9-12(15)13-10(2)11-6-7-11/h10-11H,4-9H2,1-3H3,(H,13,15). The van der Waals surface area contributed by atoms with Crippen molar-refractivity contribution >= 4 is 5.91 Å². The molecule has 1 aliphatic carbocycles. The van der Waals surface area contributed by atoms with Crippen molar-refractivity contribution in [2.45, 2.75) is 45.6 Å². The molecule has 1 atom stereocenters. The fourth-order valence-electron chi connectivity index (χ4n) is 1.77. The van der Waals surface area contributed by atoms with E-state index < -0.39 is 0 Å². The molecule has 3 nitrogen and oxygen atoms in total. The van der Waals surface area contributed by atoms with Crippen LogP contribution < -0.4 is 5.32 Å². The number of hydrogen-bond acceptors (Lipinski definition) is 2. The number of nitrogens with one attached hydrogen (secondary N) is 1. The normalized spacial score (nSPS) is 17.9. The van der Waals surface area contributed by atoms with E-state index in [0.717, 1.165) is 12.5 Å². The van der Waals surface area contributed by atoms with Crippen molar-refractivity contribution < 1.29 is 4.79 Å². The second kappa shape index (κ2) is 6.11. The lowest BCUT2D eigenvalue weighted by Gasteiger charge is -2.18. The Morgan fingerprint density at radius 2 is 2.20 bits per heavy atom. The number of hydrogen-bond donors (Lipinski definition) is 1. The van der Waals surface area contributed by atoms with Gasteiger partial charge < -0.3 is 5.32 Å². The molecule has 0 radical (unpaired) electrons. The van der Waals surface area contributed by atoms with Gasteiger partial charge in [-0.05, 0) is 45.7 Å². The lowest BCUT2D eigenvalue weighted by molar-refractivity contribution is -0.122. The van der Waals surface area contributed by atoms with Gasteiger partial charge in [-0.25, -0.2) is 0 Å². The van der Waals surface area contributed by atoms with Gasteiger partial charge >= 0.3 is 0 Å². The molecule has 15 heavy (non-hydrogen) atoms. The highest BCUT2D eigenvalue weighted by Crippen LogP contribution is 2.32. The molecule has 0 spiro atoms. The van der Waals surface area contributed by atoms with Crippen LogP contribution in [-0.2, 0) is 4.79 Å². The summed E-state index contributed by atoms with van der Waals surface area (Å²) in [6.45, 7) is 5.84. The molecule has 1 saturated carbocycles. The third-order valence-corrected chi connectivity index (χ3v) is 3.02. The summed E-state index contributed by atoms with van der Waals surface area (Å²) in [5.74, 6) is 0.919. The van der Waals surface area contributed by atoms with Crippen LogP contribution >= 0.6 is 0 Å². The zero-order valence-electron chi connectivity index (χ0n) is 10.3. The average molecular weight is 212 g/mol. The van der Waals surface area contributed by atoms with E-state index in [2.05, 4.69) is 24.1 Å². The fourth-order valence-corrected chi connectivity index (χ4v) is 1.77. The molecule has 1 amide bonds. The largest absolute Gasteiger partial charge is 0.352 e. The Labute approximate surface area is 93.2 Å². The smallest absolute Gasteiger partial charge is 0.234 e. The molecule has 0 aromatic carbocycles. The van der Waals surface area contributed by atoms with E-state index in [1.54, 1.807) is 0 Å². The molecule has 1 rings (SSSR count). The minimum atomic E-state index is 0.174. The summed E-state index contributed by atoms with van der Waals surface area (Å²) in [7, 11) is 2.01. The monoisotopic (exact) mass is 212 g/mol. The topological polar surface area (TPSA) is 32.3 Å². The van der Waals surface area contributed by atoms with Crippen LogP contribution in [0.5, 0.6) is 0 Å². The van der Waals surface area contributed by atoms with E-state index in [-0.39, 0.29) is 5.91 Å². The average Bonchev–Trinajstić information content (AvgIpc) is 2.97. The van der Waals surface area contributed by atoms with Crippen molar-refractivity contribution in [3.05, 3.63) is 0 Å². The summed E-state index contributed by atoms with van der Waals surface area (Å²) in [6.07, 6.45) is 4.92. The zero-order chi connectivity index (χ0) is 11.3.